The number of nitrogens with one attached hydrogen (secondary N) is 1. The van der Waals surface area contributed by atoms with Crippen molar-refractivity contribution in [3.8, 4) is 0 Å². The van der Waals surface area contributed by atoms with E-state index in [-0.39, 0.29) is 16.7 Å². The van der Waals surface area contributed by atoms with Crippen LogP contribution in [0.2, 0.25) is 0 Å². The molecule has 0 saturated carbocycles. The number of hydrogen-bond donors (Lipinski definition) is 2. The van der Waals surface area contributed by atoms with Crippen LogP contribution in [0.4, 0.5) is 11.6 Å². The molecule has 0 aliphatic carbocycles. The highest BCUT2D eigenvalue weighted by Crippen LogP contribution is 2.31. The Morgan fingerprint density at radius 2 is 2.22 bits per heavy atom. The molecule has 18 heavy (non-hydrogen) atoms. The molecule has 0 unspecified atom stereocenters. The van der Waals surface area contributed by atoms with Crippen LogP contribution in [0.25, 0.3) is 0 Å². The van der Waals surface area contributed by atoms with Gasteiger partial charge < -0.3 is 0 Å². The maximum atomic E-state index is 10.9. The molecule has 8 nitrogen and oxygen atoms in total. The highest BCUT2D eigenvalue weighted by atomic mass is 32.2. The molecule has 0 saturated heterocycles. The van der Waals surface area contributed by atoms with Gasteiger partial charge in [0, 0.05) is 6.20 Å². The van der Waals surface area contributed by atoms with Crippen LogP contribution in [0.5, 0.6) is 0 Å². The van der Waals surface area contributed by atoms with Crippen LogP contribution in [0, 0.1) is 10.1 Å². The van der Waals surface area contributed by atoms with Gasteiger partial charge in [0.25, 0.3) is 0 Å². The Kier molecular flexibility index (Phi) is 3.65. The van der Waals surface area contributed by atoms with Crippen LogP contribution in [-0.4, -0.2) is 19.9 Å². The van der Waals surface area contributed by atoms with Gasteiger partial charge in [0.1, 0.15) is 11.2 Å². The first-order valence-electron chi connectivity index (χ1n) is 4.77. The molecular formula is C9H8N6O2S. The molecule has 0 aromatic carbocycles. The van der Waals surface area contributed by atoms with E-state index in [0.29, 0.717) is 5.03 Å². The zero-order valence-electron chi connectivity index (χ0n) is 8.98. The van der Waals surface area contributed by atoms with E-state index in [2.05, 4.69) is 20.4 Å². The SMILES string of the molecule is NNc1ncc([N+](=O)[O-])c(Sc2ccccn2)n1. The second-order valence-corrected chi connectivity index (χ2v) is 4.06. The quantitative estimate of drug-likeness (QED) is 0.366. The number of rotatable bonds is 4. The standard InChI is InChI=1S/C9H8N6O2S/c10-14-9-12-5-6(15(16)17)8(13-9)18-7-3-1-2-4-11-7/h1-5H,10H2,(H,12,13,14). The van der Waals surface area contributed by atoms with Crippen molar-refractivity contribution in [2.24, 2.45) is 5.84 Å². The number of hydrogen-bond acceptors (Lipinski definition) is 8. The van der Waals surface area contributed by atoms with Gasteiger partial charge in [-0.25, -0.2) is 15.8 Å². The highest BCUT2D eigenvalue weighted by Gasteiger charge is 2.18. The molecule has 2 aromatic rings. The van der Waals surface area contributed by atoms with Crippen molar-refractivity contribution >= 4 is 23.4 Å². The Hall–Kier alpha value is -2.26. The fourth-order valence-corrected chi connectivity index (χ4v) is 1.96. The first-order valence-corrected chi connectivity index (χ1v) is 5.59. The summed E-state index contributed by atoms with van der Waals surface area (Å²) in [6.07, 6.45) is 2.70. The van der Waals surface area contributed by atoms with Crippen molar-refractivity contribution in [1.29, 1.82) is 0 Å². The van der Waals surface area contributed by atoms with Gasteiger partial charge in [-0.2, -0.15) is 4.98 Å². The third kappa shape index (κ3) is 2.70. The molecular weight excluding hydrogens is 256 g/mol. The van der Waals surface area contributed by atoms with E-state index in [1.54, 1.807) is 24.4 Å². The van der Waals surface area contributed by atoms with Crippen LogP contribution in [-0.2, 0) is 0 Å². The molecule has 9 heteroatoms. The number of nitrogens with two attached hydrogens (primary N) is 1. The molecule has 0 amide bonds. The predicted octanol–water partition coefficient (Wildman–Crippen LogP) is 1.22. The second-order valence-electron chi connectivity index (χ2n) is 3.06. The van der Waals surface area contributed by atoms with Crippen molar-refractivity contribution in [3.05, 3.63) is 40.7 Å². The van der Waals surface area contributed by atoms with Crippen LogP contribution in [0.3, 0.4) is 0 Å². The average molecular weight is 264 g/mol. The van der Waals surface area contributed by atoms with Crippen LogP contribution in [0.15, 0.2) is 40.6 Å². The van der Waals surface area contributed by atoms with Crippen LogP contribution >= 0.6 is 11.8 Å². The van der Waals surface area contributed by atoms with E-state index in [0.717, 1.165) is 18.0 Å². The zero-order chi connectivity index (χ0) is 13.0. The molecule has 3 N–H and O–H groups in total. The molecule has 0 fully saturated rings. The molecule has 2 heterocycles. The van der Waals surface area contributed by atoms with Crippen molar-refractivity contribution in [3.63, 3.8) is 0 Å². The maximum Gasteiger partial charge on any atom is 0.320 e. The summed E-state index contributed by atoms with van der Waals surface area (Å²) in [7, 11) is 0. The summed E-state index contributed by atoms with van der Waals surface area (Å²) in [5.41, 5.74) is 2.05. The van der Waals surface area contributed by atoms with Crippen molar-refractivity contribution in [1.82, 2.24) is 15.0 Å². The summed E-state index contributed by atoms with van der Waals surface area (Å²) in [4.78, 5) is 22.0. The number of nitrogen functional groups attached to an aromatic ring is 1. The second kappa shape index (κ2) is 5.38. The topological polar surface area (TPSA) is 120 Å². The fourth-order valence-electron chi connectivity index (χ4n) is 1.14. The Morgan fingerprint density at radius 1 is 1.39 bits per heavy atom. The molecule has 92 valence electrons. The molecule has 0 aliphatic heterocycles. The van der Waals surface area contributed by atoms with Gasteiger partial charge in [0.15, 0.2) is 5.03 Å². The minimum Gasteiger partial charge on any atom is -0.292 e. The maximum absolute atomic E-state index is 10.9. The lowest BCUT2D eigenvalue weighted by Crippen LogP contribution is -2.11. The Morgan fingerprint density at radius 3 is 2.83 bits per heavy atom. The molecule has 0 aliphatic rings. The number of anilines is 1. The van der Waals surface area contributed by atoms with Crippen molar-refractivity contribution < 1.29 is 4.92 Å². The minimum atomic E-state index is -0.550. The largest absolute Gasteiger partial charge is 0.320 e. The Balaban J connectivity index is 2.38. The summed E-state index contributed by atoms with van der Waals surface area (Å²) < 4.78 is 0. The predicted molar refractivity (Wildman–Crippen MR) is 64.9 cm³/mol. The smallest absolute Gasteiger partial charge is 0.292 e. The summed E-state index contributed by atoms with van der Waals surface area (Å²) in [5, 5.41) is 11.6. The molecule has 0 radical (unpaired) electrons. The zero-order valence-corrected chi connectivity index (χ0v) is 9.79. The summed E-state index contributed by atoms with van der Waals surface area (Å²) in [6.45, 7) is 0. The first-order chi connectivity index (χ1) is 8.70. The molecule has 0 spiro atoms. The number of aromatic nitrogens is 3. The Labute approximate surface area is 106 Å². The minimum absolute atomic E-state index is 0.110. The fraction of sp³-hybridized carbons (Fsp3) is 0. The third-order valence-corrected chi connectivity index (χ3v) is 2.84. The molecule has 2 aromatic heterocycles. The third-order valence-electron chi connectivity index (χ3n) is 1.90. The van der Waals surface area contributed by atoms with E-state index in [4.69, 9.17) is 5.84 Å². The van der Waals surface area contributed by atoms with Gasteiger partial charge in [-0.3, -0.25) is 15.5 Å². The number of nitrogens with zero attached hydrogens (tertiary/aromatic N) is 4. The number of nitro groups is 1. The highest BCUT2D eigenvalue weighted by molar-refractivity contribution is 7.99. The average Bonchev–Trinajstić information content (AvgIpc) is 2.39. The number of hydrazine groups is 1. The first kappa shape index (κ1) is 12.2. The van der Waals surface area contributed by atoms with E-state index >= 15 is 0 Å². The van der Waals surface area contributed by atoms with E-state index in [1.165, 1.54) is 0 Å². The molecule has 2 rings (SSSR count). The van der Waals surface area contributed by atoms with Gasteiger partial charge in [-0.1, -0.05) is 6.07 Å². The summed E-state index contributed by atoms with van der Waals surface area (Å²) in [5.74, 6) is 5.28. The van der Waals surface area contributed by atoms with Gasteiger partial charge >= 0.3 is 5.69 Å². The summed E-state index contributed by atoms with van der Waals surface area (Å²) in [6, 6.07) is 5.27. The van der Waals surface area contributed by atoms with Gasteiger partial charge in [0.05, 0.1) is 4.92 Å². The van der Waals surface area contributed by atoms with E-state index in [1.807, 2.05) is 0 Å². The van der Waals surface area contributed by atoms with Gasteiger partial charge in [0.2, 0.25) is 5.95 Å². The Bertz CT molecular complexity index is 564. The number of pyridine rings is 1. The van der Waals surface area contributed by atoms with E-state index in [9.17, 15) is 10.1 Å². The normalized spacial score (nSPS) is 10.1. The lowest BCUT2D eigenvalue weighted by molar-refractivity contribution is -0.388. The van der Waals surface area contributed by atoms with Gasteiger partial charge in [-0.15, -0.1) is 0 Å². The lowest BCUT2D eigenvalue weighted by Gasteiger charge is -2.03. The van der Waals surface area contributed by atoms with Crippen LogP contribution < -0.4 is 11.3 Å². The van der Waals surface area contributed by atoms with Crippen molar-refractivity contribution in [2.75, 3.05) is 5.43 Å². The monoisotopic (exact) mass is 264 g/mol. The lowest BCUT2D eigenvalue weighted by atomic mass is 10.5. The van der Waals surface area contributed by atoms with Crippen molar-refractivity contribution in [2.45, 2.75) is 10.1 Å². The van der Waals surface area contributed by atoms with E-state index < -0.39 is 4.92 Å². The summed E-state index contributed by atoms with van der Waals surface area (Å²) >= 11 is 1.07. The van der Waals surface area contributed by atoms with Crippen LogP contribution in [0.1, 0.15) is 0 Å². The molecule has 0 bridgehead atoms. The molecule has 0 atom stereocenters. The van der Waals surface area contributed by atoms with Gasteiger partial charge in [-0.05, 0) is 23.9 Å².